The number of hydrogen-bond acceptors (Lipinski definition) is 6. The van der Waals surface area contributed by atoms with Crippen molar-refractivity contribution in [1.29, 1.82) is 0 Å². The topological polar surface area (TPSA) is 97.0 Å². The molecule has 0 aliphatic carbocycles. The molecule has 0 unspecified atom stereocenters. The lowest BCUT2D eigenvalue weighted by molar-refractivity contribution is -0.113. The predicted molar refractivity (Wildman–Crippen MR) is 82.9 cm³/mol. The van der Waals surface area contributed by atoms with Crippen LogP contribution in [0.4, 0.5) is 5.69 Å². The number of methoxy groups -OCH3 is 1. The zero-order valence-electron chi connectivity index (χ0n) is 12.3. The fraction of sp³-hybridized carbons (Fsp3) is 0.286. The number of esters is 1. The summed E-state index contributed by atoms with van der Waals surface area (Å²) < 4.78 is 4.61. The number of benzene rings is 1. The van der Waals surface area contributed by atoms with Crippen LogP contribution in [0, 0.1) is 0 Å². The van der Waals surface area contributed by atoms with Crippen molar-refractivity contribution in [2.45, 2.75) is 18.5 Å². The van der Waals surface area contributed by atoms with Crippen LogP contribution < -0.4 is 5.32 Å². The van der Waals surface area contributed by atoms with Gasteiger partial charge in [-0.3, -0.25) is 9.89 Å². The molecule has 1 aromatic heterocycles. The number of aryl methyl sites for hydroxylation is 1. The third-order valence-electron chi connectivity index (χ3n) is 2.77. The molecule has 1 heterocycles. The van der Waals surface area contributed by atoms with Crippen LogP contribution in [0.5, 0.6) is 0 Å². The van der Waals surface area contributed by atoms with Crippen molar-refractivity contribution in [3.8, 4) is 0 Å². The molecule has 2 aromatic rings. The van der Waals surface area contributed by atoms with E-state index in [0.29, 0.717) is 16.4 Å². The highest BCUT2D eigenvalue weighted by Gasteiger charge is 2.09. The summed E-state index contributed by atoms with van der Waals surface area (Å²) in [7, 11) is 1.32. The number of rotatable bonds is 6. The van der Waals surface area contributed by atoms with Crippen molar-refractivity contribution in [3.05, 3.63) is 35.7 Å². The largest absolute Gasteiger partial charge is 0.465 e. The highest BCUT2D eigenvalue weighted by molar-refractivity contribution is 7.99. The van der Waals surface area contributed by atoms with Gasteiger partial charge in [0.25, 0.3) is 0 Å². The fourth-order valence-electron chi connectivity index (χ4n) is 1.64. The van der Waals surface area contributed by atoms with E-state index in [1.807, 2.05) is 6.92 Å². The highest BCUT2D eigenvalue weighted by atomic mass is 32.2. The van der Waals surface area contributed by atoms with Crippen molar-refractivity contribution in [1.82, 2.24) is 15.2 Å². The standard InChI is InChI=1S/C14H16N4O3S/c1-3-11-16-14(18-17-11)22-8-12(19)15-10-6-4-9(5-7-10)13(20)21-2/h4-7H,3,8H2,1-2H3,(H,15,19)(H,16,17,18). The first-order chi connectivity index (χ1) is 10.6. The second-order valence-electron chi connectivity index (χ2n) is 4.32. The fourth-order valence-corrected chi connectivity index (χ4v) is 2.25. The van der Waals surface area contributed by atoms with Gasteiger partial charge in [0.15, 0.2) is 0 Å². The van der Waals surface area contributed by atoms with Gasteiger partial charge in [-0.15, -0.1) is 5.10 Å². The monoisotopic (exact) mass is 320 g/mol. The average Bonchev–Trinajstić information content (AvgIpc) is 3.01. The van der Waals surface area contributed by atoms with Gasteiger partial charge in [-0.05, 0) is 24.3 Å². The Labute approximate surface area is 131 Å². The molecule has 2 N–H and O–H groups in total. The lowest BCUT2D eigenvalue weighted by Crippen LogP contribution is -2.14. The lowest BCUT2D eigenvalue weighted by atomic mass is 10.2. The molecule has 0 saturated heterocycles. The number of thioether (sulfide) groups is 1. The smallest absolute Gasteiger partial charge is 0.337 e. The van der Waals surface area contributed by atoms with E-state index in [0.717, 1.165) is 12.2 Å². The van der Waals surface area contributed by atoms with Crippen LogP contribution in [-0.4, -0.2) is 39.9 Å². The summed E-state index contributed by atoms with van der Waals surface area (Å²) in [5, 5.41) is 10.1. The van der Waals surface area contributed by atoms with Crippen LogP contribution in [0.15, 0.2) is 29.4 Å². The number of aromatic amines is 1. The van der Waals surface area contributed by atoms with Crippen LogP contribution in [0.2, 0.25) is 0 Å². The molecule has 0 bridgehead atoms. The van der Waals surface area contributed by atoms with Gasteiger partial charge < -0.3 is 10.1 Å². The Morgan fingerprint density at radius 1 is 1.32 bits per heavy atom. The first-order valence-corrected chi connectivity index (χ1v) is 7.63. The molecule has 1 amide bonds. The molecule has 0 saturated carbocycles. The number of hydrogen-bond donors (Lipinski definition) is 2. The maximum absolute atomic E-state index is 11.8. The number of nitrogens with zero attached hydrogens (tertiary/aromatic N) is 2. The highest BCUT2D eigenvalue weighted by Crippen LogP contribution is 2.14. The zero-order valence-corrected chi connectivity index (χ0v) is 13.1. The first kappa shape index (κ1) is 16.0. The Hall–Kier alpha value is -2.35. The molecule has 116 valence electrons. The number of amides is 1. The number of nitrogens with one attached hydrogen (secondary N) is 2. The molecule has 0 spiro atoms. The number of anilines is 1. The van der Waals surface area contributed by atoms with Gasteiger partial charge in [0.2, 0.25) is 11.1 Å². The lowest BCUT2D eigenvalue weighted by Gasteiger charge is -2.05. The molecular formula is C14H16N4O3S. The minimum Gasteiger partial charge on any atom is -0.465 e. The van der Waals surface area contributed by atoms with E-state index in [1.54, 1.807) is 24.3 Å². The number of ether oxygens (including phenoxy) is 1. The second-order valence-corrected chi connectivity index (χ2v) is 5.27. The number of carbonyl (C=O) groups is 2. The minimum absolute atomic E-state index is 0.168. The summed E-state index contributed by atoms with van der Waals surface area (Å²) in [5.41, 5.74) is 1.05. The van der Waals surface area contributed by atoms with Crippen molar-refractivity contribution in [2.75, 3.05) is 18.2 Å². The van der Waals surface area contributed by atoms with Gasteiger partial charge in [-0.1, -0.05) is 18.7 Å². The molecule has 7 nitrogen and oxygen atoms in total. The van der Waals surface area contributed by atoms with Crippen molar-refractivity contribution < 1.29 is 14.3 Å². The number of carbonyl (C=O) groups excluding carboxylic acids is 2. The molecule has 2 rings (SSSR count). The molecule has 0 aliphatic heterocycles. The van der Waals surface area contributed by atoms with Gasteiger partial charge in [0.05, 0.1) is 18.4 Å². The van der Waals surface area contributed by atoms with Gasteiger partial charge >= 0.3 is 5.97 Å². The summed E-state index contributed by atoms with van der Waals surface area (Å²) >= 11 is 1.26. The Balaban J connectivity index is 1.85. The summed E-state index contributed by atoms with van der Waals surface area (Å²) in [5.74, 6) is 0.421. The normalized spacial score (nSPS) is 10.3. The van der Waals surface area contributed by atoms with Crippen molar-refractivity contribution in [2.24, 2.45) is 0 Å². The molecule has 8 heteroatoms. The second kappa shape index (κ2) is 7.60. The number of aromatic nitrogens is 3. The number of H-pyrrole nitrogens is 1. The minimum atomic E-state index is -0.412. The van der Waals surface area contributed by atoms with Crippen LogP contribution in [0.3, 0.4) is 0 Å². The summed E-state index contributed by atoms with van der Waals surface area (Å²) in [4.78, 5) is 27.4. The van der Waals surface area contributed by atoms with Gasteiger partial charge in [-0.25, -0.2) is 9.78 Å². The summed E-state index contributed by atoms with van der Waals surface area (Å²) in [6.07, 6.45) is 0.770. The van der Waals surface area contributed by atoms with E-state index < -0.39 is 5.97 Å². The summed E-state index contributed by atoms with van der Waals surface area (Å²) in [6, 6.07) is 6.49. The van der Waals surface area contributed by atoms with E-state index in [2.05, 4.69) is 25.2 Å². The molecular weight excluding hydrogens is 304 g/mol. The van der Waals surface area contributed by atoms with Gasteiger partial charge in [0.1, 0.15) is 5.82 Å². The molecule has 0 fully saturated rings. The zero-order chi connectivity index (χ0) is 15.9. The quantitative estimate of drug-likeness (QED) is 0.623. The molecule has 0 aliphatic rings. The molecule has 1 aromatic carbocycles. The van der Waals surface area contributed by atoms with Crippen molar-refractivity contribution in [3.63, 3.8) is 0 Å². The first-order valence-electron chi connectivity index (χ1n) is 6.64. The van der Waals surface area contributed by atoms with E-state index in [9.17, 15) is 9.59 Å². The van der Waals surface area contributed by atoms with Crippen LogP contribution in [-0.2, 0) is 16.0 Å². The Morgan fingerprint density at radius 3 is 2.64 bits per heavy atom. The SMILES string of the molecule is CCc1nc(SCC(=O)Nc2ccc(C(=O)OC)cc2)n[nH]1. The van der Waals surface area contributed by atoms with E-state index in [-0.39, 0.29) is 11.7 Å². The van der Waals surface area contributed by atoms with Crippen LogP contribution in [0.25, 0.3) is 0 Å². The van der Waals surface area contributed by atoms with Gasteiger partial charge in [0, 0.05) is 12.1 Å². The Bertz CT molecular complexity index is 654. The van der Waals surface area contributed by atoms with Crippen LogP contribution in [0.1, 0.15) is 23.1 Å². The van der Waals surface area contributed by atoms with Gasteiger partial charge in [-0.2, -0.15) is 0 Å². The molecule has 22 heavy (non-hydrogen) atoms. The molecule has 0 atom stereocenters. The third-order valence-corrected chi connectivity index (χ3v) is 3.62. The maximum atomic E-state index is 11.8. The third kappa shape index (κ3) is 4.32. The molecule has 0 radical (unpaired) electrons. The summed E-state index contributed by atoms with van der Waals surface area (Å²) in [6.45, 7) is 1.97. The Kier molecular flexibility index (Phi) is 5.54. The van der Waals surface area contributed by atoms with E-state index in [4.69, 9.17) is 0 Å². The average molecular weight is 320 g/mol. The predicted octanol–water partition coefficient (Wildman–Crippen LogP) is 1.88. The van der Waals surface area contributed by atoms with Crippen molar-refractivity contribution >= 4 is 29.3 Å². The Morgan fingerprint density at radius 2 is 2.05 bits per heavy atom. The van der Waals surface area contributed by atoms with E-state index >= 15 is 0 Å². The maximum Gasteiger partial charge on any atom is 0.337 e. The van der Waals surface area contributed by atoms with E-state index in [1.165, 1.54) is 18.9 Å². The van der Waals surface area contributed by atoms with Crippen LogP contribution >= 0.6 is 11.8 Å².